The fourth-order valence-corrected chi connectivity index (χ4v) is 2.98. The number of imidazole rings is 1. The number of hydrogen-bond acceptors (Lipinski definition) is 2. The molecule has 0 saturated carbocycles. The average Bonchev–Trinajstić information content (AvgIpc) is 2.86. The lowest BCUT2D eigenvalue weighted by Gasteiger charge is -2.15. The Balaban J connectivity index is 2.02. The zero-order chi connectivity index (χ0) is 12.7. The minimum atomic E-state index is 0.335. The average molecular weight is 262 g/mol. The van der Waals surface area contributed by atoms with Crippen LogP contribution in [0.2, 0.25) is 0 Å². The van der Waals surface area contributed by atoms with Crippen molar-refractivity contribution < 1.29 is 4.74 Å². The van der Waals surface area contributed by atoms with Crippen LogP contribution in [0.4, 0.5) is 0 Å². The van der Waals surface area contributed by atoms with Crippen LogP contribution in [-0.4, -0.2) is 22.3 Å². The lowest BCUT2D eigenvalue weighted by Crippen LogP contribution is -2.17. The number of aromatic amines is 1. The standard InChI is InChI=1S/C14H18N2OS/c1-9-3-4-12-13(7-9)16(14(18)15-12)8-11-5-6-17-10(11)2/h3-4,7,10-11H,5-6,8H2,1-2H3,(H,15,18). The zero-order valence-electron chi connectivity index (χ0n) is 10.8. The molecule has 2 aromatic rings. The second-order valence-corrected chi connectivity index (χ2v) is 5.57. The van der Waals surface area contributed by atoms with E-state index in [1.165, 1.54) is 11.1 Å². The Morgan fingerprint density at radius 2 is 2.33 bits per heavy atom. The summed E-state index contributed by atoms with van der Waals surface area (Å²) in [4.78, 5) is 3.28. The fourth-order valence-electron chi connectivity index (χ4n) is 2.69. The van der Waals surface area contributed by atoms with Crippen LogP contribution in [0.15, 0.2) is 18.2 Å². The molecule has 1 aromatic heterocycles. The lowest BCUT2D eigenvalue weighted by atomic mass is 10.0. The maximum Gasteiger partial charge on any atom is 0.178 e. The van der Waals surface area contributed by atoms with E-state index >= 15 is 0 Å². The van der Waals surface area contributed by atoms with Gasteiger partial charge in [0.15, 0.2) is 4.77 Å². The maximum atomic E-state index is 5.63. The molecule has 3 nitrogen and oxygen atoms in total. The SMILES string of the molecule is Cc1ccc2[nH]c(=S)n(CC3CCOC3C)c2c1. The summed E-state index contributed by atoms with van der Waals surface area (Å²) in [5.74, 6) is 0.566. The van der Waals surface area contributed by atoms with E-state index in [2.05, 4.69) is 41.6 Å². The first-order valence-electron chi connectivity index (χ1n) is 6.46. The molecule has 18 heavy (non-hydrogen) atoms. The first kappa shape index (κ1) is 11.9. The number of hydrogen-bond donors (Lipinski definition) is 1. The van der Waals surface area contributed by atoms with Gasteiger partial charge in [0, 0.05) is 19.1 Å². The summed E-state index contributed by atoms with van der Waals surface area (Å²) in [6.07, 6.45) is 1.46. The summed E-state index contributed by atoms with van der Waals surface area (Å²) >= 11 is 5.44. The van der Waals surface area contributed by atoms with Crippen molar-refractivity contribution in [3.8, 4) is 0 Å². The van der Waals surface area contributed by atoms with Crippen LogP contribution in [0.25, 0.3) is 11.0 Å². The highest BCUT2D eigenvalue weighted by atomic mass is 32.1. The van der Waals surface area contributed by atoms with Crippen molar-refractivity contribution in [2.45, 2.75) is 32.9 Å². The first-order valence-corrected chi connectivity index (χ1v) is 6.87. The summed E-state index contributed by atoms with van der Waals surface area (Å²) in [7, 11) is 0. The predicted molar refractivity (Wildman–Crippen MR) is 75.4 cm³/mol. The van der Waals surface area contributed by atoms with Crippen LogP contribution in [-0.2, 0) is 11.3 Å². The van der Waals surface area contributed by atoms with E-state index in [4.69, 9.17) is 17.0 Å². The van der Waals surface area contributed by atoms with Gasteiger partial charge in [-0.15, -0.1) is 0 Å². The molecule has 0 radical (unpaired) electrons. The molecule has 0 amide bonds. The third kappa shape index (κ3) is 1.99. The predicted octanol–water partition coefficient (Wildman–Crippen LogP) is 3.43. The van der Waals surface area contributed by atoms with Crippen molar-refractivity contribution >= 4 is 23.3 Å². The van der Waals surface area contributed by atoms with Gasteiger partial charge >= 0.3 is 0 Å². The largest absolute Gasteiger partial charge is 0.378 e. The van der Waals surface area contributed by atoms with Crippen molar-refractivity contribution in [1.29, 1.82) is 0 Å². The van der Waals surface area contributed by atoms with Gasteiger partial charge in [-0.05, 0) is 50.2 Å². The molecule has 2 heterocycles. The van der Waals surface area contributed by atoms with Crippen LogP contribution in [0.1, 0.15) is 18.9 Å². The molecule has 1 aliphatic rings. The molecular formula is C14H18N2OS. The second-order valence-electron chi connectivity index (χ2n) is 5.19. The third-order valence-electron chi connectivity index (χ3n) is 3.88. The van der Waals surface area contributed by atoms with Gasteiger partial charge in [0.1, 0.15) is 0 Å². The molecule has 1 N–H and O–H groups in total. The van der Waals surface area contributed by atoms with Crippen molar-refractivity contribution in [3.63, 3.8) is 0 Å². The van der Waals surface area contributed by atoms with Gasteiger partial charge in [-0.1, -0.05) is 6.07 Å². The summed E-state index contributed by atoms with van der Waals surface area (Å²) in [5.41, 5.74) is 3.59. The third-order valence-corrected chi connectivity index (χ3v) is 4.20. The van der Waals surface area contributed by atoms with Crippen LogP contribution < -0.4 is 0 Å². The molecule has 4 heteroatoms. The molecular weight excluding hydrogens is 244 g/mol. The normalized spacial score (nSPS) is 23.9. The minimum Gasteiger partial charge on any atom is -0.378 e. The van der Waals surface area contributed by atoms with E-state index in [0.29, 0.717) is 12.0 Å². The van der Waals surface area contributed by atoms with E-state index in [0.717, 1.165) is 29.9 Å². The molecule has 0 spiro atoms. The number of aryl methyl sites for hydroxylation is 1. The highest BCUT2D eigenvalue weighted by molar-refractivity contribution is 7.71. The van der Waals surface area contributed by atoms with Crippen molar-refractivity contribution in [1.82, 2.24) is 9.55 Å². The molecule has 1 fully saturated rings. The number of fused-ring (bicyclic) bond motifs is 1. The molecule has 2 unspecified atom stereocenters. The number of aromatic nitrogens is 2. The highest BCUT2D eigenvalue weighted by Gasteiger charge is 2.25. The Kier molecular flexibility index (Phi) is 2.99. The highest BCUT2D eigenvalue weighted by Crippen LogP contribution is 2.25. The quantitative estimate of drug-likeness (QED) is 0.840. The van der Waals surface area contributed by atoms with Crippen LogP contribution in [0.5, 0.6) is 0 Å². The first-order chi connectivity index (χ1) is 8.65. The van der Waals surface area contributed by atoms with Gasteiger partial charge in [0.05, 0.1) is 17.1 Å². The van der Waals surface area contributed by atoms with Gasteiger partial charge in [-0.25, -0.2) is 0 Å². The van der Waals surface area contributed by atoms with Gasteiger partial charge in [0.25, 0.3) is 0 Å². The Hall–Kier alpha value is -1.13. The monoisotopic (exact) mass is 262 g/mol. The molecule has 3 rings (SSSR count). The van der Waals surface area contributed by atoms with Gasteiger partial charge < -0.3 is 14.3 Å². The Labute approximate surface area is 112 Å². The number of nitrogens with zero attached hydrogens (tertiary/aromatic N) is 1. The second kappa shape index (κ2) is 4.52. The maximum absolute atomic E-state index is 5.63. The van der Waals surface area contributed by atoms with E-state index in [1.807, 2.05) is 0 Å². The number of ether oxygens (including phenoxy) is 1. The van der Waals surface area contributed by atoms with E-state index in [1.54, 1.807) is 0 Å². The summed E-state index contributed by atoms with van der Waals surface area (Å²) in [5, 5.41) is 0. The molecule has 96 valence electrons. The van der Waals surface area contributed by atoms with E-state index < -0.39 is 0 Å². The molecule has 1 saturated heterocycles. The molecule has 1 aliphatic heterocycles. The summed E-state index contributed by atoms with van der Waals surface area (Å²) < 4.78 is 8.66. The van der Waals surface area contributed by atoms with Gasteiger partial charge in [0.2, 0.25) is 0 Å². The number of rotatable bonds is 2. The number of H-pyrrole nitrogens is 1. The Bertz CT molecular complexity index is 628. The summed E-state index contributed by atoms with van der Waals surface area (Å²) in [6.45, 7) is 6.09. The Morgan fingerprint density at radius 1 is 1.50 bits per heavy atom. The minimum absolute atomic E-state index is 0.335. The van der Waals surface area contributed by atoms with Crippen LogP contribution in [0, 0.1) is 17.6 Å². The van der Waals surface area contributed by atoms with Crippen LogP contribution in [0.3, 0.4) is 0 Å². The molecule has 0 bridgehead atoms. The summed E-state index contributed by atoms with van der Waals surface area (Å²) in [6, 6.07) is 6.41. The fraction of sp³-hybridized carbons (Fsp3) is 0.500. The van der Waals surface area contributed by atoms with Gasteiger partial charge in [-0.2, -0.15) is 0 Å². The molecule has 0 aliphatic carbocycles. The van der Waals surface area contributed by atoms with Gasteiger partial charge in [-0.3, -0.25) is 0 Å². The van der Waals surface area contributed by atoms with E-state index in [9.17, 15) is 0 Å². The smallest absolute Gasteiger partial charge is 0.178 e. The Morgan fingerprint density at radius 3 is 3.06 bits per heavy atom. The topological polar surface area (TPSA) is 29.9 Å². The lowest BCUT2D eigenvalue weighted by molar-refractivity contribution is 0.102. The molecule has 2 atom stereocenters. The number of nitrogens with one attached hydrogen (secondary N) is 1. The van der Waals surface area contributed by atoms with Crippen molar-refractivity contribution in [3.05, 3.63) is 28.5 Å². The van der Waals surface area contributed by atoms with Crippen molar-refractivity contribution in [2.24, 2.45) is 5.92 Å². The van der Waals surface area contributed by atoms with E-state index in [-0.39, 0.29) is 0 Å². The molecule has 1 aromatic carbocycles. The van der Waals surface area contributed by atoms with Crippen LogP contribution >= 0.6 is 12.2 Å². The number of benzene rings is 1. The zero-order valence-corrected chi connectivity index (χ0v) is 11.6. The van der Waals surface area contributed by atoms with Crippen molar-refractivity contribution in [2.75, 3.05) is 6.61 Å².